The number of aromatic nitrogens is 1. The first-order chi connectivity index (χ1) is 9.71. The third kappa shape index (κ3) is 3.18. The number of hydrogen-bond acceptors (Lipinski definition) is 0. The molecular formula is C20H28N+. The predicted molar refractivity (Wildman–Crippen MR) is 90.6 cm³/mol. The SMILES string of the molecule is Cc1ccccc1-c1cc(C(C)C)c(C(C)(C)C)c[n+]1C. The second kappa shape index (κ2) is 5.63. The Morgan fingerprint density at radius 3 is 2.19 bits per heavy atom. The molecule has 0 N–H and O–H groups in total. The highest BCUT2D eigenvalue weighted by Crippen LogP contribution is 2.32. The van der Waals surface area contributed by atoms with Gasteiger partial charge >= 0.3 is 0 Å². The van der Waals surface area contributed by atoms with Crippen molar-refractivity contribution in [3.05, 3.63) is 53.2 Å². The highest BCUT2D eigenvalue weighted by molar-refractivity contribution is 5.62. The summed E-state index contributed by atoms with van der Waals surface area (Å²) in [6.45, 7) is 13.6. The van der Waals surface area contributed by atoms with Crippen LogP contribution >= 0.6 is 0 Å². The van der Waals surface area contributed by atoms with Crippen LogP contribution < -0.4 is 4.57 Å². The number of rotatable bonds is 2. The second-order valence-electron chi connectivity index (χ2n) is 7.36. The average Bonchev–Trinajstić information content (AvgIpc) is 2.38. The molecule has 21 heavy (non-hydrogen) atoms. The Morgan fingerprint density at radius 2 is 1.67 bits per heavy atom. The first-order valence-electron chi connectivity index (χ1n) is 7.82. The summed E-state index contributed by atoms with van der Waals surface area (Å²) < 4.78 is 2.27. The highest BCUT2D eigenvalue weighted by Gasteiger charge is 2.25. The van der Waals surface area contributed by atoms with Crippen molar-refractivity contribution in [1.29, 1.82) is 0 Å². The van der Waals surface area contributed by atoms with Crippen LogP contribution in [0.4, 0.5) is 0 Å². The van der Waals surface area contributed by atoms with Crippen LogP contribution in [0.15, 0.2) is 36.5 Å². The van der Waals surface area contributed by atoms with Crippen LogP contribution in [0.1, 0.15) is 57.2 Å². The summed E-state index contributed by atoms with van der Waals surface area (Å²) in [7, 11) is 2.15. The molecular weight excluding hydrogens is 254 g/mol. The summed E-state index contributed by atoms with van der Waals surface area (Å²) in [6, 6.07) is 11.0. The Labute approximate surface area is 129 Å². The maximum Gasteiger partial charge on any atom is 0.212 e. The largest absolute Gasteiger partial charge is 0.212 e. The first kappa shape index (κ1) is 15.8. The molecule has 0 saturated heterocycles. The molecule has 0 unspecified atom stereocenters. The minimum absolute atomic E-state index is 0.168. The lowest BCUT2D eigenvalue weighted by Crippen LogP contribution is -2.34. The maximum absolute atomic E-state index is 2.38. The Balaban J connectivity index is 2.71. The molecule has 1 heterocycles. The molecule has 0 fully saturated rings. The molecule has 0 saturated carbocycles. The van der Waals surface area contributed by atoms with Gasteiger partial charge in [0.15, 0.2) is 6.20 Å². The third-order valence-electron chi connectivity index (χ3n) is 4.16. The first-order valence-corrected chi connectivity index (χ1v) is 7.82. The van der Waals surface area contributed by atoms with E-state index in [-0.39, 0.29) is 5.41 Å². The quantitative estimate of drug-likeness (QED) is 0.689. The lowest BCUT2D eigenvalue weighted by molar-refractivity contribution is -0.661. The van der Waals surface area contributed by atoms with Crippen molar-refractivity contribution in [1.82, 2.24) is 0 Å². The van der Waals surface area contributed by atoms with E-state index in [9.17, 15) is 0 Å². The third-order valence-corrected chi connectivity index (χ3v) is 4.16. The van der Waals surface area contributed by atoms with E-state index < -0.39 is 0 Å². The van der Waals surface area contributed by atoms with Gasteiger partial charge in [-0.15, -0.1) is 0 Å². The van der Waals surface area contributed by atoms with E-state index in [0.717, 1.165) is 0 Å². The van der Waals surface area contributed by atoms with E-state index in [1.807, 2.05) is 0 Å². The van der Waals surface area contributed by atoms with Crippen LogP contribution in [-0.4, -0.2) is 0 Å². The monoisotopic (exact) mass is 282 g/mol. The topological polar surface area (TPSA) is 3.88 Å². The van der Waals surface area contributed by atoms with Crippen molar-refractivity contribution in [2.24, 2.45) is 7.05 Å². The Kier molecular flexibility index (Phi) is 4.22. The molecule has 0 bridgehead atoms. The fraction of sp³-hybridized carbons (Fsp3) is 0.450. The molecule has 1 aromatic heterocycles. The second-order valence-corrected chi connectivity index (χ2v) is 7.36. The van der Waals surface area contributed by atoms with Crippen molar-refractivity contribution in [3.63, 3.8) is 0 Å². The van der Waals surface area contributed by atoms with Gasteiger partial charge in [0.2, 0.25) is 5.69 Å². The number of benzene rings is 1. The van der Waals surface area contributed by atoms with Gasteiger partial charge < -0.3 is 0 Å². The number of aryl methyl sites for hydroxylation is 2. The van der Waals surface area contributed by atoms with Crippen LogP contribution in [0.5, 0.6) is 0 Å². The molecule has 0 radical (unpaired) electrons. The molecule has 0 aliphatic heterocycles. The average molecular weight is 282 g/mol. The summed E-state index contributed by atoms with van der Waals surface area (Å²) >= 11 is 0. The van der Waals surface area contributed by atoms with Crippen molar-refractivity contribution in [3.8, 4) is 11.3 Å². The van der Waals surface area contributed by atoms with Gasteiger partial charge in [0.25, 0.3) is 0 Å². The molecule has 0 atom stereocenters. The Bertz CT molecular complexity index is 645. The lowest BCUT2D eigenvalue weighted by atomic mass is 9.81. The van der Waals surface area contributed by atoms with Gasteiger partial charge in [-0.25, -0.2) is 4.57 Å². The zero-order chi connectivity index (χ0) is 15.8. The predicted octanol–water partition coefficient (Wildman–Crippen LogP) is 4.91. The molecule has 2 aromatic rings. The molecule has 1 heteroatoms. The fourth-order valence-electron chi connectivity index (χ4n) is 2.90. The molecule has 112 valence electrons. The zero-order valence-corrected chi connectivity index (χ0v) is 14.5. The number of pyridine rings is 1. The van der Waals surface area contributed by atoms with Gasteiger partial charge in [-0.2, -0.15) is 0 Å². The molecule has 2 rings (SSSR count). The normalized spacial score (nSPS) is 12.0. The van der Waals surface area contributed by atoms with Crippen molar-refractivity contribution < 1.29 is 4.57 Å². The molecule has 1 nitrogen and oxygen atoms in total. The maximum atomic E-state index is 2.38. The van der Waals surface area contributed by atoms with E-state index in [2.05, 4.69) is 89.7 Å². The summed E-state index contributed by atoms with van der Waals surface area (Å²) in [4.78, 5) is 0. The van der Waals surface area contributed by atoms with E-state index in [1.54, 1.807) is 0 Å². The van der Waals surface area contributed by atoms with Crippen LogP contribution in [0.3, 0.4) is 0 Å². The van der Waals surface area contributed by atoms with Gasteiger partial charge in [0, 0.05) is 17.2 Å². The van der Waals surface area contributed by atoms with Crippen LogP contribution in [0.25, 0.3) is 11.3 Å². The fourth-order valence-corrected chi connectivity index (χ4v) is 2.90. The Morgan fingerprint density at radius 1 is 1.05 bits per heavy atom. The van der Waals surface area contributed by atoms with Crippen molar-refractivity contribution in [2.45, 2.75) is 52.9 Å². The minimum Gasteiger partial charge on any atom is -0.201 e. The van der Waals surface area contributed by atoms with Gasteiger partial charge in [-0.1, -0.05) is 52.8 Å². The number of hydrogen-bond donors (Lipinski definition) is 0. The van der Waals surface area contributed by atoms with Gasteiger partial charge in [-0.05, 0) is 35.4 Å². The summed E-state index contributed by atoms with van der Waals surface area (Å²) in [5.41, 5.74) is 7.01. The highest BCUT2D eigenvalue weighted by atomic mass is 14.9. The van der Waals surface area contributed by atoms with Gasteiger partial charge in [0.05, 0.1) is 0 Å². The van der Waals surface area contributed by atoms with Crippen LogP contribution in [-0.2, 0) is 12.5 Å². The molecule has 1 aromatic carbocycles. The zero-order valence-electron chi connectivity index (χ0n) is 14.5. The van der Waals surface area contributed by atoms with Crippen LogP contribution in [0.2, 0.25) is 0 Å². The molecule has 0 aliphatic rings. The molecule has 0 amide bonds. The van der Waals surface area contributed by atoms with E-state index in [1.165, 1.54) is 27.9 Å². The summed E-state index contributed by atoms with van der Waals surface area (Å²) in [6.07, 6.45) is 2.32. The lowest BCUT2D eigenvalue weighted by Gasteiger charge is -2.23. The van der Waals surface area contributed by atoms with E-state index in [4.69, 9.17) is 0 Å². The van der Waals surface area contributed by atoms with Gasteiger partial charge in [0.1, 0.15) is 7.05 Å². The molecule has 0 spiro atoms. The van der Waals surface area contributed by atoms with Gasteiger partial charge in [-0.3, -0.25) is 0 Å². The van der Waals surface area contributed by atoms with Crippen molar-refractivity contribution >= 4 is 0 Å². The standard InChI is InChI=1S/C20H28N/c1-14(2)17-12-19(16-11-9-8-10-15(16)3)21(7)13-18(17)20(4,5)6/h8-14H,1-7H3/q+1. The van der Waals surface area contributed by atoms with Crippen LogP contribution in [0, 0.1) is 6.92 Å². The van der Waals surface area contributed by atoms with E-state index >= 15 is 0 Å². The van der Waals surface area contributed by atoms with Crippen molar-refractivity contribution in [2.75, 3.05) is 0 Å². The summed E-state index contributed by atoms with van der Waals surface area (Å²) in [5, 5.41) is 0. The minimum atomic E-state index is 0.168. The summed E-state index contributed by atoms with van der Waals surface area (Å²) in [5.74, 6) is 0.531. The molecule has 0 aliphatic carbocycles. The smallest absolute Gasteiger partial charge is 0.201 e. The Hall–Kier alpha value is -1.63. The van der Waals surface area contributed by atoms with E-state index in [0.29, 0.717) is 5.92 Å². The number of nitrogens with zero attached hydrogens (tertiary/aromatic N) is 1.